The molecule has 0 spiro atoms. The van der Waals surface area contributed by atoms with Crippen molar-refractivity contribution in [2.45, 2.75) is 18.2 Å². The highest BCUT2D eigenvalue weighted by Gasteiger charge is 2.19. The fourth-order valence-electron chi connectivity index (χ4n) is 1.43. The zero-order valence-electron chi connectivity index (χ0n) is 9.22. The lowest BCUT2D eigenvalue weighted by Crippen LogP contribution is -2.39. The number of rotatable bonds is 4. The molecule has 5 heteroatoms. The van der Waals surface area contributed by atoms with Crippen molar-refractivity contribution in [1.82, 2.24) is 4.90 Å². The molecule has 0 aliphatic carbocycles. The van der Waals surface area contributed by atoms with E-state index in [1.165, 1.54) is 0 Å². The molecule has 1 aliphatic heterocycles. The Kier molecular flexibility index (Phi) is 3.28. The number of benzene rings is 1. The molecule has 1 heterocycles. The van der Waals surface area contributed by atoms with E-state index in [1.807, 2.05) is 11.8 Å². The van der Waals surface area contributed by atoms with Gasteiger partial charge in [0.25, 0.3) is 10.1 Å². The normalized spacial score (nSPS) is 17.1. The molecule has 16 heavy (non-hydrogen) atoms. The van der Waals surface area contributed by atoms with Gasteiger partial charge in [-0.25, -0.2) is 0 Å². The maximum atomic E-state index is 11.7. The first-order chi connectivity index (χ1) is 7.58. The molecule has 1 aliphatic rings. The van der Waals surface area contributed by atoms with E-state index in [0.717, 1.165) is 25.1 Å². The van der Waals surface area contributed by atoms with Gasteiger partial charge in [0, 0.05) is 13.1 Å². The Labute approximate surface area is 96.0 Å². The fourth-order valence-corrected chi connectivity index (χ4v) is 2.32. The first-order valence-electron chi connectivity index (χ1n) is 5.26. The van der Waals surface area contributed by atoms with E-state index >= 15 is 0 Å². The molecule has 0 radical (unpaired) electrons. The summed E-state index contributed by atoms with van der Waals surface area (Å²) in [7, 11) is -3.59. The molecule has 1 aromatic carbocycles. The molecule has 1 saturated heterocycles. The zero-order chi connectivity index (χ0) is 11.6. The van der Waals surface area contributed by atoms with E-state index in [0.29, 0.717) is 0 Å². The van der Waals surface area contributed by atoms with Crippen LogP contribution in [0.1, 0.15) is 12.0 Å². The Morgan fingerprint density at radius 2 is 1.88 bits per heavy atom. The van der Waals surface area contributed by atoms with Crippen molar-refractivity contribution in [2.24, 2.45) is 0 Å². The first kappa shape index (κ1) is 11.6. The fraction of sp³-hybridized carbons (Fsp3) is 0.455. The highest BCUT2D eigenvalue weighted by Crippen LogP contribution is 2.14. The monoisotopic (exact) mass is 241 g/mol. The van der Waals surface area contributed by atoms with Crippen molar-refractivity contribution in [3.63, 3.8) is 0 Å². The van der Waals surface area contributed by atoms with Gasteiger partial charge in [-0.15, -0.1) is 0 Å². The van der Waals surface area contributed by atoms with Gasteiger partial charge >= 0.3 is 0 Å². The molecule has 4 nitrogen and oxygen atoms in total. The summed E-state index contributed by atoms with van der Waals surface area (Å²) in [6, 6.07) is 6.67. The largest absolute Gasteiger partial charge is 0.298 e. The summed E-state index contributed by atoms with van der Waals surface area (Å²) < 4.78 is 28.4. The molecule has 0 N–H and O–H groups in total. The number of hydrogen-bond acceptors (Lipinski definition) is 4. The smallest absolute Gasteiger partial charge is 0.280 e. The van der Waals surface area contributed by atoms with Crippen LogP contribution in [0.15, 0.2) is 29.2 Å². The van der Waals surface area contributed by atoms with E-state index < -0.39 is 10.1 Å². The molecule has 0 amide bonds. The lowest BCUT2D eigenvalue weighted by atomic mass is 10.2. The highest BCUT2D eigenvalue weighted by molar-refractivity contribution is 7.86. The van der Waals surface area contributed by atoms with Gasteiger partial charge in [0.05, 0.1) is 4.90 Å². The Balaban J connectivity index is 2.02. The third-order valence-corrected chi connectivity index (χ3v) is 3.91. The second-order valence-corrected chi connectivity index (χ2v) is 5.60. The van der Waals surface area contributed by atoms with Crippen molar-refractivity contribution < 1.29 is 12.6 Å². The van der Waals surface area contributed by atoms with E-state index in [4.69, 9.17) is 4.18 Å². The molecule has 1 aromatic rings. The third-order valence-electron chi connectivity index (χ3n) is 2.65. The van der Waals surface area contributed by atoms with Crippen LogP contribution >= 0.6 is 0 Å². The Hall–Kier alpha value is -0.910. The second-order valence-electron chi connectivity index (χ2n) is 3.99. The molecule has 0 unspecified atom stereocenters. The minimum atomic E-state index is -3.59. The number of aryl methyl sites for hydroxylation is 1. The average molecular weight is 241 g/mol. The Morgan fingerprint density at radius 1 is 1.25 bits per heavy atom. The Bertz CT molecular complexity index is 449. The summed E-state index contributed by atoms with van der Waals surface area (Å²) in [5.41, 5.74) is 1.03. The molecule has 0 bridgehead atoms. The summed E-state index contributed by atoms with van der Waals surface area (Å²) in [6.07, 6.45) is 1.12. The molecule has 2 rings (SSSR count). The molecule has 88 valence electrons. The minimum Gasteiger partial charge on any atom is -0.280 e. The maximum absolute atomic E-state index is 11.7. The molecule has 0 atom stereocenters. The van der Waals surface area contributed by atoms with Gasteiger partial charge in [-0.2, -0.15) is 8.42 Å². The van der Waals surface area contributed by atoms with Crippen molar-refractivity contribution in [3.8, 4) is 0 Å². The molecule has 0 aromatic heterocycles. The summed E-state index contributed by atoms with van der Waals surface area (Å²) in [5.74, 6) is 0. The standard InChI is InChI=1S/C11H15NO3S/c1-10-3-5-11(6-4-10)16(13,14)15-9-12-7-2-8-12/h3-6H,2,7-9H2,1H3. The predicted octanol–water partition coefficient (Wildman–Crippen LogP) is 1.36. The van der Waals surface area contributed by atoms with Crippen LogP contribution in [-0.4, -0.2) is 33.1 Å². The van der Waals surface area contributed by atoms with Crippen LogP contribution in [0.2, 0.25) is 0 Å². The molecular formula is C11H15NO3S. The molecule has 0 saturated carbocycles. The molecule has 1 fully saturated rings. The van der Waals surface area contributed by atoms with Gasteiger partial charge in [-0.1, -0.05) is 17.7 Å². The van der Waals surface area contributed by atoms with Crippen LogP contribution in [0.3, 0.4) is 0 Å². The number of likely N-dealkylation sites (tertiary alicyclic amines) is 1. The van der Waals surface area contributed by atoms with Crippen molar-refractivity contribution in [1.29, 1.82) is 0 Å². The lowest BCUT2D eigenvalue weighted by Gasteiger charge is -2.29. The van der Waals surface area contributed by atoms with Crippen LogP contribution in [0, 0.1) is 6.92 Å². The predicted molar refractivity (Wildman–Crippen MR) is 60.5 cm³/mol. The summed E-state index contributed by atoms with van der Waals surface area (Å²) in [5, 5.41) is 0. The topological polar surface area (TPSA) is 46.6 Å². The quantitative estimate of drug-likeness (QED) is 0.747. The van der Waals surface area contributed by atoms with Crippen LogP contribution in [0.5, 0.6) is 0 Å². The van der Waals surface area contributed by atoms with Crippen LogP contribution < -0.4 is 0 Å². The van der Waals surface area contributed by atoms with Gasteiger partial charge in [-0.3, -0.25) is 9.08 Å². The summed E-state index contributed by atoms with van der Waals surface area (Å²) in [6.45, 7) is 3.92. The number of nitrogens with zero attached hydrogens (tertiary/aromatic N) is 1. The van der Waals surface area contributed by atoms with Gasteiger partial charge in [0.15, 0.2) is 0 Å². The van der Waals surface area contributed by atoms with Gasteiger partial charge in [0.1, 0.15) is 6.73 Å². The summed E-state index contributed by atoms with van der Waals surface area (Å²) >= 11 is 0. The van der Waals surface area contributed by atoms with Crippen molar-refractivity contribution >= 4 is 10.1 Å². The number of hydrogen-bond donors (Lipinski definition) is 0. The van der Waals surface area contributed by atoms with Gasteiger partial charge in [-0.05, 0) is 25.5 Å². The third kappa shape index (κ3) is 2.61. The van der Waals surface area contributed by atoms with Crippen molar-refractivity contribution in [2.75, 3.05) is 19.8 Å². The lowest BCUT2D eigenvalue weighted by molar-refractivity contribution is 0.0772. The van der Waals surface area contributed by atoms with Crippen LogP contribution in [-0.2, 0) is 14.3 Å². The summed E-state index contributed by atoms with van der Waals surface area (Å²) in [4.78, 5) is 2.17. The van der Waals surface area contributed by atoms with E-state index in [2.05, 4.69) is 0 Å². The van der Waals surface area contributed by atoms with Crippen LogP contribution in [0.4, 0.5) is 0 Å². The van der Waals surface area contributed by atoms with E-state index in [-0.39, 0.29) is 11.6 Å². The second kappa shape index (κ2) is 4.53. The average Bonchev–Trinajstić information content (AvgIpc) is 2.15. The molecular weight excluding hydrogens is 226 g/mol. The SMILES string of the molecule is Cc1ccc(S(=O)(=O)OCN2CCC2)cc1. The first-order valence-corrected chi connectivity index (χ1v) is 6.67. The van der Waals surface area contributed by atoms with E-state index in [1.54, 1.807) is 24.3 Å². The van der Waals surface area contributed by atoms with Gasteiger partial charge < -0.3 is 0 Å². The minimum absolute atomic E-state index is 0.163. The Morgan fingerprint density at radius 3 is 2.38 bits per heavy atom. The van der Waals surface area contributed by atoms with Crippen molar-refractivity contribution in [3.05, 3.63) is 29.8 Å². The maximum Gasteiger partial charge on any atom is 0.298 e. The van der Waals surface area contributed by atoms with Crippen LogP contribution in [0.25, 0.3) is 0 Å². The van der Waals surface area contributed by atoms with Gasteiger partial charge in [0.2, 0.25) is 0 Å². The highest BCUT2D eigenvalue weighted by atomic mass is 32.2. The zero-order valence-corrected chi connectivity index (χ0v) is 10.0. The van der Waals surface area contributed by atoms with E-state index in [9.17, 15) is 8.42 Å².